The minimum atomic E-state index is -3.67. The van der Waals surface area contributed by atoms with E-state index in [9.17, 15) is 13.2 Å². The molecule has 166 valence electrons. The number of carbonyl (C=O) groups excluding carboxylic acids is 1. The van der Waals surface area contributed by atoms with Gasteiger partial charge in [0, 0.05) is 30.8 Å². The minimum Gasteiger partial charge on any atom is -0.497 e. The van der Waals surface area contributed by atoms with E-state index in [-0.39, 0.29) is 22.6 Å². The van der Waals surface area contributed by atoms with Crippen LogP contribution in [-0.4, -0.2) is 52.4 Å². The third-order valence-corrected chi connectivity index (χ3v) is 6.49. The molecule has 2 aromatic carbocycles. The molecule has 1 heterocycles. The quantitative estimate of drug-likeness (QED) is 0.706. The van der Waals surface area contributed by atoms with Gasteiger partial charge in [0.1, 0.15) is 23.4 Å². The van der Waals surface area contributed by atoms with Gasteiger partial charge in [-0.1, -0.05) is 26.0 Å². The van der Waals surface area contributed by atoms with Crippen molar-refractivity contribution in [2.45, 2.75) is 31.3 Å². The second kappa shape index (κ2) is 8.97. The first-order valence-electron chi connectivity index (χ1n) is 9.83. The summed E-state index contributed by atoms with van der Waals surface area (Å²) < 4.78 is 37.9. The maximum Gasteiger partial charge on any atom is 0.263 e. The van der Waals surface area contributed by atoms with E-state index >= 15 is 0 Å². The van der Waals surface area contributed by atoms with Gasteiger partial charge in [-0.15, -0.1) is 0 Å². The van der Waals surface area contributed by atoms with Crippen molar-refractivity contribution in [1.29, 1.82) is 0 Å². The number of amides is 1. The van der Waals surface area contributed by atoms with Crippen LogP contribution in [0.25, 0.3) is 0 Å². The number of hydrogen-bond donors (Lipinski definition) is 1. The van der Waals surface area contributed by atoms with Gasteiger partial charge in [0.2, 0.25) is 5.91 Å². The molecular formula is C22H27N3O5S. The van der Waals surface area contributed by atoms with Gasteiger partial charge < -0.3 is 14.4 Å². The summed E-state index contributed by atoms with van der Waals surface area (Å²) in [6.45, 7) is 4.07. The first-order valence-corrected chi connectivity index (χ1v) is 11.3. The summed E-state index contributed by atoms with van der Waals surface area (Å²) in [5.74, 6) is 1.11. The van der Waals surface area contributed by atoms with E-state index in [0.29, 0.717) is 23.6 Å². The molecule has 0 radical (unpaired) electrons. The molecule has 1 N–H and O–H groups in total. The van der Waals surface area contributed by atoms with Crippen molar-refractivity contribution in [3.63, 3.8) is 0 Å². The van der Waals surface area contributed by atoms with E-state index in [1.807, 2.05) is 19.9 Å². The number of amidine groups is 1. The first kappa shape index (κ1) is 22.6. The van der Waals surface area contributed by atoms with Crippen LogP contribution < -0.4 is 14.2 Å². The smallest absolute Gasteiger partial charge is 0.263 e. The van der Waals surface area contributed by atoms with E-state index in [4.69, 9.17) is 9.47 Å². The van der Waals surface area contributed by atoms with Crippen LogP contribution >= 0.6 is 0 Å². The molecule has 0 saturated heterocycles. The molecule has 0 fully saturated rings. The molecule has 31 heavy (non-hydrogen) atoms. The Kier molecular flexibility index (Phi) is 6.54. The summed E-state index contributed by atoms with van der Waals surface area (Å²) in [7, 11) is 1.16. The molecule has 1 amide bonds. The largest absolute Gasteiger partial charge is 0.497 e. The SMILES string of the molecule is COc1ccc(CN(C)C(=O)[C@@H](N=C2NS(=O)(=O)c3ccccc32)C(C)C)c(OC)c1. The van der Waals surface area contributed by atoms with Gasteiger partial charge in [0.05, 0.1) is 19.1 Å². The number of nitrogens with one attached hydrogen (secondary N) is 1. The van der Waals surface area contributed by atoms with Gasteiger partial charge >= 0.3 is 0 Å². The molecule has 1 atom stereocenters. The molecule has 0 aromatic heterocycles. The van der Waals surface area contributed by atoms with E-state index in [1.165, 1.54) is 6.07 Å². The highest BCUT2D eigenvalue weighted by Gasteiger charge is 2.33. The standard InChI is InChI=1S/C22H27N3O5S/c1-14(2)20(23-21-17-8-6-7-9-19(17)31(27,28)24-21)22(26)25(3)13-15-10-11-16(29-4)12-18(15)30-5/h6-12,14,20H,13H2,1-5H3,(H,23,24)/t20-/m0/s1. The van der Waals surface area contributed by atoms with E-state index in [1.54, 1.807) is 56.5 Å². The Morgan fingerprint density at radius 2 is 1.84 bits per heavy atom. The highest BCUT2D eigenvalue weighted by Crippen LogP contribution is 2.27. The Morgan fingerprint density at radius 1 is 1.13 bits per heavy atom. The fourth-order valence-electron chi connectivity index (χ4n) is 3.40. The van der Waals surface area contributed by atoms with Crippen molar-refractivity contribution < 1.29 is 22.7 Å². The van der Waals surface area contributed by atoms with Crippen LogP contribution in [0.4, 0.5) is 0 Å². The van der Waals surface area contributed by atoms with Crippen molar-refractivity contribution in [3.05, 3.63) is 53.6 Å². The lowest BCUT2D eigenvalue weighted by molar-refractivity contribution is -0.132. The number of hydrogen-bond acceptors (Lipinski definition) is 6. The average Bonchev–Trinajstić information content (AvgIpc) is 3.01. The Labute approximate surface area is 182 Å². The highest BCUT2D eigenvalue weighted by molar-refractivity contribution is 7.90. The first-order chi connectivity index (χ1) is 14.7. The molecule has 2 aromatic rings. The number of aliphatic imine (C=N–C) groups is 1. The zero-order valence-corrected chi connectivity index (χ0v) is 19.1. The zero-order valence-electron chi connectivity index (χ0n) is 18.2. The van der Waals surface area contributed by atoms with Crippen LogP contribution in [-0.2, 0) is 21.4 Å². The second-order valence-electron chi connectivity index (χ2n) is 7.64. The summed E-state index contributed by atoms with van der Waals surface area (Å²) in [5, 5.41) is 0. The van der Waals surface area contributed by atoms with E-state index in [2.05, 4.69) is 9.71 Å². The van der Waals surface area contributed by atoms with E-state index in [0.717, 1.165) is 5.56 Å². The normalized spacial score (nSPS) is 16.5. The fourth-order valence-corrected chi connectivity index (χ4v) is 4.64. The van der Waals surface area contributed by atoms with Gasteiger partial charge in [0.15, 0.2) is 0 Å². The predicted molar refractivity (Wildman–Crippen MR) is 118 cm³/mol. The van der Waals surface area contributed by atoms with Crippen LogP contribution in [0.2, 0.25) is 0 Å². The molecule has 3 rings (SSSR count). The molecule has 1 aliphatic rings. The molecule has 1 aliphatic heterocycles. The van der Waals surface area contributed by atoms with Crippen LogP contribution in [0.1, 0.15) is 25.0 Å². The predicted octanol–water partition coefficient (Wildman–Crippen LogP) is 2.43. The third kappa shape index (κ3) is 4.66. The summed E-state index contributed by atoms with van der Waals surface area (Å²) in [4.78, 5) is 19.5. The number of nitrogens with zero attached hydrogens (tertiary/aromatic N) is 2. The van der Waals surface area contributed by atoms with Crippen molar-refractivity contribution in [2.75, 3.05) is 21.3 Å². The Bertz CT molecular complexity index is 1110. The third-order valence-electron chi connectivity index (χ3n) is 5.09. The fraction of sp³-hybridized carbons (Fsp3) is 0.364. The van der Waals surface area contributed by atoms with Gasteiger partial charge in [-0.3, -0.25) is 14.5 Å². The molecule has 0 bridgehead atoms. The number of methoxy groups -OCH3 is 2. The summed E-state index contributed by atoms with van der Waals surface area (Å²) in [6, 6.07) is 11.3. The molecule has 0 saturated carbocycles. The number of sulfonamides is 1. The lowest BCUT2D eigenvalue weighted by Gasteiger charge is -2.25. The van der Waals surface area contributed by atoms with Gasteiger partial charge in [0.25, 0.3) is 10.0 Å². The van der Waals surface area contributed by atoms with Crippen molar-refractivity contribution >= 4 is 21.8 Å². The Hall–Kier alpha value is -3.07. The van der Waals surface area contributed by atoms with Gasteiger partial charge in [-0.05, 0) is 30.2 Å². The molecule has 9 heteroatoms. The van der Waals surface area contributed by atoms with Crippen molar-refractivity contribution in [3.8, 4) is 11.5 Å². The number of likely N-dealkylation sites (N-methyl/N-ethyl adjacent to an activating group) is 1. The van der Waals surface area contributed by atoms with Gasteiger partial charge in [-0.2, -0.15) is 0 Å². The average molecular weight is 446 g/mol. The zero-order chi connectivity index (χ0) is 22.8. The summed E-state index contributed by atoms with van der Waals surface area (Å²) in [5.41, 5.74) is 1.29. The van der Waals surface area contributed by atoms with Crippen molar-refractivity contribution in [2.24, 2.45) is 10.9 Å². The molecular weight excluding hydrogens is 418 g/mol. The number of rotatable bonds is 7. The molecule has 0 spiro atoms. The molecule has 0 aliphatic carbocycles. The van der Waals surface area contributed by atoms with Gasteiger partial charge in [-0.25, -0.2) is 8.42 Å². The lowest BCUT2D eigenvalue weighted by Crippen LogP contribution is -2.39. The van der Waals surface area contributed by atoms with Crippen LogP contribution in [0.15, 0.2) is 52.4 Å². The maximum atomic E-state index is 13.2. The van der Waals surface area contributed by atoms with Crippen LogP contribution in [0.5, 0.6) is 11.5 Å². The van der Waals surface area contributed by atoms with E-state index < -0.39 is 16.1 Å². The Morgan fingerprint density at radius 3 is 2.48 bits per heavy atom. The van der Waals surface area contributed by atoms with Crippen LogP contribution in [0, 0.1) is 5.92 Å². The monoisotopic (exact) mass is 445 g/mol. The number of benzene rings is 2. The molecule has 0 unspecified atom stereocenters. The Balaban J connectivity index is 1.88. The number of fused-ring (bicyclic) bond motifs is 1. The summed E-state index contributed by atoms with van der Waals surface area (Å²) in [6.07, 6.45) is 0. The summed E-state index contributed by atoms with van der Waals surface area (Å²) >= 11 is 0. The van der Waals surface area contributed by atoms with Crippen LogP contribution in [0.3, 0.4) is 0 Å². The van der Waals surface area contributed by atoms with Crippen molar-refractivity contribution in [1.82, 2.24) is 9.62 Å². The topological polar surface area (TPSA) is 97.3 Å². The number of carbonyl (C=O) groups is 1. The number of ether oxygens (including phenoxy) is 2. The maximum absolute atomic E-state index is 13.2. The molecule has 8 nitrogen and oxygen atoms in total. The highest BCUT2D eigenvalue weighted by atomic mass is 32.2. The second-order valence-corrected chi connectivity index (χ2v) is 9.29. The minimum absolute atomic E-state index is 0.141. The lowest BCUT2D eigenvalue weighted by atomic mass is 10.0.